The Hall–Kier alpha value is -3.53. The van der Waals surface area contributed by atoms with Crippen molar-refractivity contribution in [1.29, 1.82) is 5.26 Å². The maximum Gasteiger partial charge on any atom is 0.342 e. The van der Waals surface area contributed by atoms with E-state index >= 15 is 0 Å². The Morgan fingerprint density at radius 3 is 2.46 bits per heavy atom. The fourth-order valence-corrected chi connectivity index (χ4v) is 1.98. The largest absolute Gasteiger partial charge is 0.508 e. The lowest BCUT2D eigenvalue weighted by Crippen LogP contribution is -2.35. The van der Waals surface area contributed by atoms with Crippen LogP contribution < -0.4 is 4.90 Å². The number of aromatic hydroxyl groups is 2. The van der Waals surface area contributed by atoms with Crippen LogP contribution in [0, 0.1) is 11.3 Å². The highest BCUT2D eigenvalue weighted by molar-refractivity contribution is 5.98. The molecule has 0 aliphatic rings. The second-order valence-electron chi connectivity index (χ2n) is 4.75. The van der Waals surface area contributed by atoms with Gasteiger partial charge >= 0.3 is 5.97 Å². The van der Waals surface area contributed by atoms with Crippen molar-refractivity contribution in [3.63, 3.8) is 0 Å². The van der Waals surface area contributed by atoms with Gasteiger partial charge in [0, 0.05) is 11.8 Å². The van der Waals surface area contributed by atoms with E-state index in [2.05, 4.69) is 0 Å². The number of hydrogen-bond donors (Lipinski definition) is 2. The summed E-state index contributed by atoms with van der Waals surface area (Å²) in [4.78, 5) is 25.3. The normalized spacial score (nSPS) is 9.79. The smallest absolute Gasteiger partial charge is 0.342 e. The van der Waals surface area contributed by atoms with E-state index in [1.165, 1.54) is 17.0 Å². The minimum atomic E-state index is -0.911. The van der Waals surface area contributed by atoms with E-state index in [1.54, 1.807) is 30.3 Å². The van der Waals surface area contributed by atoms with Crippen LogP contribution in [0.4, 0.5) is 5.69 Å². The molecule has 2 aromatic carbocycles. The van der Waals surface area contributed by atoms with Gasteiger partial charge in [0.15, 0.2) is 6.61 Å². The molecule has 0 saturated carbocycles. The highest BCUT2D eigenvalue weighted by Gasteiger charge is 2.19. The van der Waals surface area contributed by atoms with E-state index in [9.17, 15) is 19.8 Å². The summed E-state index contributed by atoms with van der Waals surface area (Å²) in [5, 5.41) is 27.6. The number of nitriles is 1. The lowest BCUT2D eigenvalue weighted by atomic mass is 10.2. The Bertz CT molecular complexity index is 783. The zero-order chi connectivity index (χ0) is 17.5. The number of nitrogens with zero attached hydrogens (tertiary/aromatic N) is 2. The number of rotatable bonds is 5. The second-order valence-corrected chi connectivity index (χ2v) is 4.75. The number of carbonyl (C=O) groups excluding carboxylic acids is 2. The van der Waals surface area contributed by atoms with E-state index in [4.69, 9.17) is 10.00 Å². The number of anilines is 1. The Morgan fingerprint density at radius 2 is 1.83 bits per heavy atom. The number of amides is 1. The van der Waals surface area contributed by atoms with Crippen molar-refractivity contribution < 1.29 is 24.5 Å². The molecular formula is C17H14N2O5. The van der Waals surface area contributed by atoms with Crippen molar-refractivity contribution >= 4 is 17.6 Å². The number of hydrogen-bond acceptors (Lipinski definition) is 6. The topological polar surface area (TPSA) is 111 Å². The van der Waals surface area contributed by atoms with Gasteiger partial charge < -0.3 is 14.9 Å². The molecule has 2 rings (SSSR count). The SMILES string of the molecule is N#CCN(C(=O)COC(=O)c1ccc(O)cc1O)c1ccccc1. The summed E-state index contributed by atoms with van der Waals surface area (Å²) in [6.45, 7) is -0.777. The van der Waals surface area contributed by atoms with Gasteiger partial charge in [-0.3, -0.25) is 9.69 Å². The van der Waals surface area contributed by atoms with Crippen molar-refractivity contribution in [3.05, 3.63) is 54.1 Å². The van der Waals surface area contributed by atoms with Crippen LogP contribution >= 0.6 is 0 Å². The molecular weight excluding hydrogens is 312 g/mol. The van der Waals surface area contributed by atoms with Crippen LogP contribution in [0.3, 0.4) is 0 Å². The number of benzene rings is 2. The molecule has 2 N–H and O–H groups in total. The molecule has 0 heterocycles. The summed E-state index contributed by atoms with van der Waals surface area (Å²) >= 11 is 0. The van der Waals surface area contributed by atoms with Gasteiger partial charge in [-0.2, -0.15) is 5.26 Å². The predicted molar refractivity (Wildman–Crippen MR) is 84.5 cm³/mol. The van der Waals surface area contributed by atoms with E-state index in [-0.39, 0.29) is 17.9 Å². The molecule has 7 nitrogen and oxygen atoms in total. The van der Waals surface area contributed by atoms with Gasteiger partial charge in [-0.05, 0) is 24.3 Å². The van der Waals surface area contributed by atoms with Gasteiger partial charge in [-0.15, -0.1) is 0 Å². The zero-order valence-corrected chi connectivity index (χ0v) is 12.5. The molecule has 0 bridgehead atoms. The number of phenolic OH excluding ortho intramolecular Hbond substituents is 2. The van der Waals surface area contributed by atoms with Crippen molar-refractivity contribution in [2.75, 3.05) is 18.1 Å². The second kappa shape index (κ2) is 7.65. The average Bonchev–Trinajstić information content (AvgIpc) is 2.58. The Kier molecular flexibility index (Phi) is 5.36. The van der Waals surface area contributed by atoms with Crippen molar-refractivity contribution in [1.82, 2.24) is 0 Å². The minimum Gasteiger partial charge on any atom is -0.508 e. The lowest BCUT2D eigenvalue weighted by molar-refractivity contribution is -0.121. The molecule has 7 heteroatoms. The van der Waals surface area contributed by atoms with Crippen molar-refractivity contribution in [3.8, 4) is 17.6 Å². The maximum atomic E-state index is 12.2. The number of para-hydroxylation sites is 1. The molecule has 1 amide bonds. The third-order valence-electron chi connectivity index (χ3n) is 3.13. The standard InChI is InChI=1S/C17H14N2O5/c18-8-9-19(12-4-2-1-3-5-12)16(22)11-24-17(23)14-7-6-13(20)10-15(14)21/h1-7,10,20-21H,9,11H2. The third kappa shape index (κ3) is 4.01. The first-order chi connectivity index (χ1) is 11.5. The molecule has 0 aliphatic carbocycles. The minimum absolute atomic E-state index is 0.174. The number of carbonyl (C=O) groups is 2. The molecule has 122 valence electrons. The Balaban J connectivity index is 2.05. The molecule has 0 unspecified atom stereocenters. The van der Waals surface area contributed by atoms with Gasteiger partial charge in [0.1, 0.15) is 23.6 Å². The van der Waals surface area contributed by atoms with E-state index in [1.807, 2.05) is 6.07 Å². The zero-order valence-electron chi connectivity index (χ0n) is 12.5. The summed E-state index contributed by atoms with van der Waals surface area (Å²) in [6, 6.07) is 13.8. The molecule has 0 spiro atoms. The first-order valence-corrected chi connectivity index (χ1v) is 6.94. The summed E-state index contributed by atoms with van der Waals surface area (Å²) < 4.78 is 4.88. The Morgan fingerprint density at radius 1 is 1.12 bits per heavy atom. The van der Waals surface area contributed by atoms with Gasteiger partial charge in [-0.1, -0.05) is 18.2 Å². The third-order valence-corrected chi connectivity index (χ3v) is 3.13. The van der Waals surface area contributed by atoms with Crippen LogP contribution in [0.15, 0.2) is 48.5 Å². The predicted octanol–water partition coefficient (Wildman–Crippen LogP) is 1.81. The highest BCUT2D eigenvalue weighted by atomic mass is 16.5. The molecule has 0 fully saturated rings. The summed E-state index contributed by atoms with van der Waals surface area (Å²) in [7, 11) is 0. The fraction of sp³-hybridized carbons (Fsp3) is 0.118. The van der Waals surface area contributed by atoms with Crippen LogP contribution in [0.1, 0.15) is 10.4 Å². The van der Waals surface area contributed by atoms with Crippen molar-refractivity contribution in [2.45, 2.75) is 0 Å². The lowest BCUT2D eigenvalue weighted by Gasteiger charge is -2.19. The van der Waals surface area contributed by atoms with Gasteiger partial charge in [-0.25, -0.2) is 4.79 Å². The number of ether oxygens (including phenoxy) is 1. The fourth-order valence-electron chi connectivity index (χ4n) is 1.98. The maximum absolute atomic E-state index is 12.2. The summed E-state index contributed by atoms with van der Waals surface area (Å²) in [5.41, 5.74) is 0.333. The van der Waals surface area contributed by atoms with E-state index < -0.39 is 24.2 Å². The molecule has 0 saturated heterocycles. The molecule has 24 heavy (non-hydrogen) atoms. The van der Waals surface area contributed by atoms with Crippen LogP contribution in [-0.2, 0) is 9.53 Å². The number of esters is 1. The molecule has 0 aliphatic heterocycles. The van der Waals surface area contributed by atoms with E-state index in [0.717, 1.165) is 6.07 Å². The number of phenols is 2. The summed E-state index contributed by atoms with van der Waals surface area (Å²) in [6.07, 6.45) is 0. The van der Waals surface area contributed by atoms with Crippen LogP contribution in [0.5, 0.6) is 11.5 Å². The highest BCUT2D eigenvalue weighted by Crippen LogP contribution is 2.23. The van der Waals surface area contributed by atoms with Crippen LogP contribution in [0.25, 0.3) is 0 Å². The molecule has 0 radical (unpaired) electrons. The molecule has 0 atom stereocenters. The van der Waals surface area contributed by atoms with E-state index in [0.29, 0.717) is 5.69 Å². The quantitative estimate of drug-likeness (QED) is 0.640. The van der Waals surface area contributed by atoms with Crippen molar-refractivity contribution in [2.24, 2.45) is 0 Å². The summed E-state index contributed by atoms with van der Waals surface area (Å²) in [5.74, 6) is -2.14. The molecule has 0 aromatic heterocycles. The van der Waals surface area contributed by atoms with Gasteiger partial charge in [0.05, 0.1) is 6.07 Å². The van der Waals surface area contributed by atoms with Crippen LogP contribution in [-0.4, -0.2) is 35.2 Å². The average molecular weight is 326 g/mol. The first kappa shape index (κ1) is 16.8. The Labute approximate surface area is 137 Å². The first-order valence-electron chi connectivity index (χ1n) is 6.94. The molecule has 2 aromatic rings. The van der Waals surface area contributed by atoms with Crippen LogP contribution in [0.2, 0.25) is 0 Å². The van der Waals surface area contributed by atoms with Gasteiger partial charge in [0.25, 0.3) is 5.91 Å². The van der Waals surface area contributed by atoms with Gasteiger partial charge in [0.2, 0.25) is 0 Å². The monoisotopic (exact) mass is 326 g/mol.